The number of nitrogens with zero attached hydrogens (tertiary/aromatic N) is 4. The Morgan fingerprint density at radius 2 is 2.03 bits per heavy atom. The first-order valence-electron chi connectivity index (χ1n) is 9.70. The van der Waals surface area contributed by atoms with Gasteiger partial charge < -0.3 is 10.6 Å². The molecule has 0 saturated heterocycles. The van der Waals surface area contributed by atoms with Crippen LogP contribution in [-0.4, -0.2) is 44.0 Å². The van der Waals surface area contributed by atoms with Crippen LogP contribution in [-0.2, 0) is 11.3 Å². The van der Waals surface area contributed by atoms with E-state index in [2.05, 4.69) is 46.5 Å². The third-order valence-electron chi connectivity index (χ3n) is 4.02. The lowest BCUT2D eigenvalue weighted by Crippen LogP contribution is -2.25. The molecule has 29 heavy (non-hydrogen) atoms. The molecule has 2 aromatic heterocycles. The maximum absolute atomic E-state index is 12.1. The number of anilines is 1. The molecule has 0 radical (unpaired) electrons. The number of carbonyl (C=O) groups is 1. The molecular weight excluding hydrogens is 384 g/mol. The first kappa shape index (κ1) is 20.9. The fourth-order valence-corrected chi connectivity index (χ4v) is 3.32. The van der Waals surface area contributed by atoms with Gasteiger partial charge in [0.15, 0.2) is 10.8 Å². The molecule has 0 spiro atoms. The van der Waals surface area contributed by atoms with Crippen molar-refractivity contribution in [3.8, 4) is 0 Å². The maximum atomic E-state index is 12.1. The van der Waals surface area contributed by atoms with Gasteiger partial charge in [-0.2, -0.15) is 5.10 Å². The normalized spacial score (nSPS) is 11.4. The van der Waals surface area contributed by atoms with E-state index in [4.69, 9.17) is 0 Å². The van der Waals surface area contributed by atoms with Crippen molar-refractivity contribution >= 4 is 40.6 Å². The van der Waals surface area contributed by atoms with E-state index in [1.165, 1.54) is 0 Å². The lowest BCUT2D eigenvalue weighted by Gasteiger charge is -2.11. The van der Waals surface area contributed by atoms with Crippen molar-refractivity contribution in [1.29, 1.82) is 0 Å². The highest BCUT2D eigenvalue weighted by atomic mass is 32.2. The van der Waals surface area contributed by atoms with E-state index in [0.29, 0.717) is 13.1 Å². The molecule has 2 heterocycles. The summed E-state index contributed by atoms with van der Waals surface area (Å²) in [4.78, 5) is 21.3. The minimum absolute atomic E-state index is 0.135. The van der Waals surface area contributed by atoms with Gasteiger partial charge in [-0.05, 0) is 31.2 Å². The van der Waals surface area contributed by atoms with Crippen molar-refractivity contribution < 1.29 is 4.79 Å². The quantitative estimate of drug-likeness (QED) is 0.319. The minimum Gasteiger partial charge on any atom is -0.367 e. The van der Waals surface area contributed by atoms with E-state index in [0.717, 1.165) is 33.3 Å². The predicted octanol–water partition coefficient (Wildman–Crippen LogP) is 3.59. The molecule has 0 saturated carbocycles. The summed E-state index contributed by atoms with van der Waals surface area (Å²) in [5.74, 6) is 1.55. The summed E-state index contributed by atoms with van der Waals surface area (Å²) in [5.41, 5.74) is 1.76. The number of fused-ring (bicyclic) bond motifs is 1. The molecule has 0 aliphatic carbocycles. The lowest BCUT2D eigenvalue weighted by molar-refractivity contribution is -0.116. The number of benzene rings is 1. The molecule has 0 atom stereocenters. The molecule has 2 N–H and O–H groups in total. The van der Waals surface area contributed by atoms with Gasteiger partial charge in [0, 0.05) is 18.7 Å². The van der Waals surface area contributed by atoms with Gasteiger partial charge in [0.1, 0.15) is 5.82 Å². The highest BCUT2D eigenvalue weighted by Gasteiger charge is 2.13. The molecule has 0 bridgehead atoms. The van der Waals surface area contributed by atoms with Crippen molar-refractivity contribution in [3.63, 3.8) is 0 Å². The Hall–Kier alpha value is -2.87. The zero-order valence-electron chi connectivity index (χ0n) is 16.9. The molecule has 1 amide bonds. The first-order chi connectivity index (χ1) is 14.1. The second-order valence-corrected chi connectivity index (χ2v) is 7.96. The van der Waals surface area contributed by atoms with Crippen molar-refractivity contribution in [2.24, 2.45) is 0 Å². The number of thioether (sulfide) groups is 1. The lowest BCUT2D eigenvalue weighted by atomic mass is 10.2. The molecule has 0 fully saturated rings. The van der Waals surface area contributed by atoms with Crippen LogP contribution in [0.15, 0.2) is 47.8 Å². The van der Waals surface area contributed by atoms with Crippen LogP contribution in [0.1, 0.15) is 26.3 Å². The summed E-state index contributed by atoms with van der Waals surface area (Å²) in [5, 5.41) is 12.3. The average molecular weight is 411 g/mol. The Balaban J connectivity index is 1.67. The number of hydrogen-bond donors (Lipinski definition) is 2. The highest BCUT2D eigenvalue weighted by molar-refractivity contribution is 7.99. The Kier molecular flexibility index (Phi) is 7.24. The zero-order valence-corrected chi connectivity index (χ0v) is 17.7. The molecule has 0 aliphatic rings. The van der Waals surface area contributed by atoms with Gasteiger partial charge in [0.05, 0.1) is 18.1 Å². The monoisotopic (exact) mass is 410 g/mol. The minimum atomic E-state index is -0.135. The van der Waals surface area contributed by atoms with Gasteiger partial charge in [0.2, 0.25) is 5.91 Å². The van der Waals surface area contributed by atoms with Crippen LogP contribution < -0.4 is 10.6 Å². The Morgan fingerprint density at radius 1 is 1.24 bits per heavy atom. The summed E-state index contributed by atoms with van der Waals surface area (Å²) in [6.07, 6.45) is 5.11. The summed E-state index contributed by atoms with van der Waals surface area (Å²) >= 11 is 1.59. The fraction of sp³-hybridized carbons (Fsp3) is 0.333. The van der Waals surface area contributed by atoms with E-state index in [-0.39, 0.29) is 11.9 Å². The standard InChI is InChI=1S/C21H26N6OS/c1-4-29-21-25-19(24-15(2)3)17-14-23-27(20(17)26-21)13-12-22-18(28)11-10-16-8-6-5-7-9-16/h5-11,14-15H,4,12-13H2,1-3H3,(H,22,28)(H,24,25,26). The van der Waals surface area contributed by atoms with Crippen molar-refractivity contribution in [2.45, 2.75) is 38.5 Å². The van der Waals surface area contributed by atoms with Crippen molar-refractivity contribution in [2.75, 3.05) is 17.6 Å². The Labute approximate surface area is 175 Å². The second-order valence-electron chi connectivity index (χ2n) is 6.73. The largest absolute Gasteiger partial charge is 0.367 e. The molecule has 7 nitrogen and oxygen atoms in total. The number of carbonyl (C=O) groups excluding carboxylic acids is 1. The third-order valence-corrected chi connectivity index (χ3v) is 4.75. The van der Waals surface area contributed by atoms with Crippen LogP contribution in [0.25, 0.3) is 17.1 Å². The molecule has 3 rings (SSSR count). The van der Waals surface area contributed by atoms with Gasteiger partial charge in [-0.1, -0.05) is 49.0 Å². The SMILES string of the molecule is CCSc1nc(NC(C)C)c2cnn(CCNC(=O)C=Cc3ccccc3)c2n1. The molecule has 3 aromatic rings. The molecule has 8 heteroatoms. The summed E-state index contributed by atoms with van der Waals surface area (Å²) in [6.45, 7) is 7.21. The Bertz CT molecular complexity index is 984. The van der Waals surface area contributed by atoms with Crippen LogP contribution in [0, 0.1) is 0 Å². The van der Waals surface area contributed by atoms with Gasteiger partial charge in [-0.15, -0.1) is 0 Å². The molecule has 0 aliphatic heterocycles. The van der Waals surface area contributed by atoms with E-state index >= 15 is 0 Å². The van der Waals surface area contributed by atoms with E-state index in [1.807, 2.05) is 35.0 Å². The van der Waals surface area contributed by atoms with Crippen LogP contribution in [0.2, 0.25) is 0 Å². The van der Waals surface area contributed by atoms with E-state index in [9.17, 15) is 4.79 Å². The number of nitrogens with one attached hydrogen (secondary N) is 2. The topological polar surface area (TPSA) is 84.7 Å². The van der Waals surface area contributed by atoms with Crippen LogP contribution in [0.4, 0.5) is 5.82 Å². The van der Waals surface area contributed by atoms with Gasteiger partial charge in [-0.25, -0.2) is 14.6 Å². The summed E-state index contributed by atoms with van der Waals surface area (Å²) in [6, 6.07) is 9.99. The van der Waals surface area contributed by atoms with Crippen molar-refractivity contribution in [3.05, 3.63) is 48.2 Å². The van der Waals surface area contributed by atoms with Gasteiger partial charge in [0.25, 0.3) is 0 Å². The fourth-order valence-electron chi connectivity index (χ4n) is 2.76. The van der Waals surface area contributed by atoms with Gasteiger partial charge >= 0.3 is 0 Å². The molecule has 1 aromatic carbocycles. The van der Waals surface area contributed by atoms with Crippen LogP contribution in [0.5, 0.6) is 0 Å². The molecule has 152 valence electrons. The highest BCUT2D eigenvalue weighted by Crippen LogP contribution is 2.24. The zero-order chi connectivity index (χ0) is 20.6. The average Bonchev–Trinajstić information content (AvgIpc) is 3.10. The Morgan fingerprint density at radius 3 is 2.76 bits per heavy atom. The number of hydrogen-bond acceptors (Lipinski definition) is 6. The van der Waals surface area contributed by atoms with Crippen LogP contribution in [0.3, 0.4) is 0 Å². The van der Waals surface area contributed by atoms with Crippen LogP contribution >= 0.6 is 11.8 Å². The summed E-state index contributed by atoms with van der Waals surface area (Å²) < 4.78 is 1.81. The second kappa shape index (κ2) is 10.1. The summed E-state index contributed by atoms with van der Waals surface area (Å²) in [7, 11) is 0. The van der Waals surface area contributed by atoms with E-state index < -0.39 is 0 Å². The van der Waals surface area contributed by atoms with Crippen molar-refractivity contribution in [1.82, 2.24) is 25.1 Å². The maximum Gasteiger partial charge on any atom is 0.244 e. The van der Waals surface area contributed by atoms with Gasteiger partial charge in [-0.3, -0.25) is 4.79 Å². The van der Waals surface area contributed by atoms with E-state index in [1.54, 1.807) is 30.1 Å². The molecular formula is C21H26N6OS. The number of aromatic nitrogens is 4. The first-order valence-corrected chi connectivity index (χ1v) is 10.7. The smallest absolute Gasteiger partial charge is 0.244 e. The third kappa shape index (κ3) is 5.80. The molecule has 0 unspecified atom stereocenters. The number of amides is 1. The predicted molar refractivity (Wildman–Crippen MR) is 119 cm³/mol. The number of rotatable bonds is 9.